The number of rotatable bonds is 3. The molecule has 2 bridgehead atoms. The van der Waals surface area contributed by atoms with E-state index in [9.17, 15) is 9.90 Å². The molecule has 3 N–H and O–H groups in total. The molecular formula is C15H20N6O4. The molecule has 0 radical (unpaired) electrons. The summed E-state index contributed by atoms with van der Waals surface area (Å²) in [4.78, 5) is 22.3. The monoisotopic (exact) mass is 348 g/mol. The van der Waals surface area contributed by atoms with Crippen LogP contribution in [0.1, 0.15) is 31.0 Å². The zero-order chi connectivity index (χ0) is 17.9. The minimum absolute atomic E-state index is 0.181. The van der Waals surface area contributed by atoms with Gasteiger partial charge in [-0.3, -0.25) is 4.57 Å². The first-order chi connectivity index (χ1) is 11.9. The third-order valence-corrected chi connectivity index (χ3v) is 5.13. The number of aliphatic hydroxyl groups is 1. The number of hydrogen-bond acceptors (Lipinski definition) is 9. The van der Waals surface area contributed by atoms with Gasteiger partial charge in [0.05, 0.1) is 6.54 Å². The molecule has 10 nitrogen and oxygen atoms in total. The number of aromatic nitrogens is 4. The number of morpholine rings is 1. The fourth-order valence-electron chi connectivity index (χ4n) is 3.69. The fourth-order valence-corrected chi connectivity index (χ4v) is 3.69. The molecular weight excluding hydrogens is 328 g/mol. The molecule has 0 aromatic carbocycles. The Labute approximate surface area is 143 Å². The van der Waals surface area contributed by atoms with Gasteiger partial charge in [-0.05, 0) is 18.5 Å². The lowest BCUT2D eigenvalue weighted by atomic mass is 9.96. The van der Waals surface area contributed by atoms with Gasteiger partial charge in [-0.15, -0.1) is 0 Å². The maximum Gasteiger partial charge on any atom is 0.351 e. The Bertz CT molecular complexity index is 879. The molecule has 2 fully saturated rings. The van der Waals surface area contributed by atoms with Crippen LogP contribution in [0.2, 0.25) is 0 Å². The Morgan fingerprint density at radius 1 is 1.44 bits per heavy atom. The van der Waals surface area contributed by atoms with Crippen molar-refractivity contribution in [3.05, 3.63) is 28.1 Å². The summed E-state index contributed by atoms with van der Waals surface area (Å²) in [7, 11) is 0. The summed E-state index contributed by atoms with van der Waals surface area (Å²) in [5, 5.41) is 14.8. The summed E-state index contributed by atoms with van der Waals surface area (Å²) in [5.74, 6) is 0.983. The molecule has 2 aliphatic heterocycles. The summed E-state index contributed by atoms with van der Waals surface area (Å²) in [5.41, 5.74) is 5.04. The molecule has 134 valence electrons. The largest absolute Gasteiger partial charge is 0.388 e. The highest BCUT2D eigenvalue weighted by Crippen LogP contribution is 2.48. The van der Waals surface area contributed by atoms with E-state index in [2.05, 4.69) is 15.1 Å². The summed E-state index contributed by atoms with van der Waals surface area (Å²) in [6.45, 7) is 5.81. The standard InChI is InChI=1S/C15H20N6O4/c1-4-15-6-21(13-17-8(3)25-19-13)9(10(15)22)12(24-15)20-5-7(2)11(16)18-14(20)23/h5,9-10,12,22H,4,6H2,1-3H3,(H2,16,18,23)/t9-,10+,12-,15+/m1/s1. The van der Waals surface area contributed by atoms with Crippen molar-refractivity contribution in [2.45, 2.75) is 51.2 Å². The molecule has 4 atom stereocenters. The van der Waals surface area contributed by atoms with E-state index in [1.54, 1.807) is 20.0 Å². The van der Waals surface area contributed by atoms with Crippen molar-refractivity contribution in [2.24, 2.45) is 0 Å². The van der Waals surface area contributed by atoms with Crippen LogP contribution in [0.3, 0.4) is 0 Å². The first kappa shape index (κ1) is 16.0. The van der Waals surface area contributed by atoms with Crippen LogP contribution in [0.25, 0.3) is 0 Å². The van der Waals surface area contributed by atoms with Crippen LogP contribution in [-0.4, -0.2) is 49.1 Å². The molecule has 0 spiro atoms. The first-order valence-electron chi connectivity index (χ1n) is 8.14. The quantitative estimate of drug-likeness (QED) is 0.770. The Morgan fingerprint density at radius 3 is 2.80 bits per heavy atom. The molecule has 4 rings (SSSR count). The van der Waals surface area contributed by atoms with Gasteiger partial charge in [-0.2, -0.15) is 9.97 Å². The Kier molecular flexibility index (Phi) is 3.38. The van der Waals surface area contributed by atoms with Crippen molar-refractivity contribution in [1.29, 1.82) is 0 Å². The van der Waals surface area contributed by atoms with Gasteiger partial charge < -0.3 is 25.0 Å². The zero-order valence-electron chi connectivity index (χ0n) is 14.2. The topological polar surface area (TPSA) is 133 Å². The molecule has 0 saturated carbocycles. The van der Waals surface area contributed by atoms with Gasteiger partial charge in [-0.25, -0.2) is 4.79 Å². The van der Waals surface area contributed by atoms with Crippen LogP contribution in [0, 0.1) is 13.8 Å². The number of aliphatic hydroxyl groups excluding tert-OH is 1. The maximum absolute atomic E-state index is 12.3. The Morgan fingerprint density at radius 2 is 2.20 bits per heavy atom. The van der Waals surface area contributed by atoms with Gasteiger partial charge in [0.25, 0.3) is 5.95 Å². The highest BCUT2D eigenvalue weighted by Gasteiger charge is 2.64. The maximum atomic E-state index is 12.3. The molecule has 0 aliphatic carbocycles. The molecule has 0 unspecified atom stereocenters. The molecule has 2 saturated heterocycles. The van der Waals surface area contributed by atoms with Gasteiger partial charge in [-0.1, -0.05) is 6.92 Å². The van der Waals surface area contributed by atoms with Crippen LogP contribution in [0.4, 0.5) is 11.8 Å². The minimum atomic E-state index is -0.807. The molecule has 2 aromatic rings. The summed E-state index contributed by atoms with van der Waals surface area (Å²) < 4.78 is 12.6. The van der Waals surface area contributed by atoms with Gasteiger partial charge in [0.1, 0.15) is 23.6 Å². The number of fused-ring (bicyclic) bond motifs is 2. The summed E-state index contributed by atoms with van der Waals surface area (Å²) >= 11 is 0. The molecule has 2 aliphatic rings. The van der Waals surface area contributed by atoms with Crippen molar-refractivity contribution in [1.82, 2.24) is 19.7 Å². The van der Waals surface area contributed by atoms with Gasteiger partial charge in [0.2, 0.25) is 5.89 Å². The van der Waals surface area contributed by atoms with Crippen molar-refractivity contribution < 1.29 is 14.4 Å². The van der Waals surface area contributed by atoms with E-state index in [0.29, 0.717) is 30.4 Å². The molecule has 0 amide bonds. The molecule has 2 aromatic heterocycles. The van der Waals surface area contributed by atoms with E-state index in [4.69, 9.17) is 15.0 Å². The van der Waals surface area contributed by atoms with Crippen molar-refractivity contribution in [3.63, 3.8) is 0 Å². The van der Waals surface area contributed by atoms with Gasteiger partial charge >= 0.3 is 5.69 Å². The normalized spacial score (nSPS) is 31.0. The highest BCUT2D eigenvalue weighted by atomic mass is 16.6. The molecule has 4 heterocycles. The van der Waals surface area contributed by atoms with Gasteiger partial charge in [0, 0.05) is 18.7 Å². The summed E-state index contributed by atoms with van der Waals surface area (Å²) in [6, 6.07) is -0.528. The van der Waals surface area contributed by atoms with E-state index >= 15 is 0 Å². The van der Waals surface area contributed by atoms with E-state index in [0.717, 1.165) is 0 Å². The highest BCUT2D eigenvalue weighted by molar-refractivity contribution is 5.40. The lowest BCUT2D eigenvalue weighted by Crippen LogP contribution is -2.48. The second-order valence-corrected chi connectivity index (χ2v) is 6.60. The van der Waals surface area contributed by atoms with E-state index < -0.39 is 29.7 Å². The number of aryl methyl sites for hydroxylation is 2. The average molecular weight is 348 g/mol. The number of nitrogen functional groups attached to an aromatic ring is 1. The van der Waals surface area contributed by atoms with Crippen LogP contribution in [0.15, 0.2) is 15.5 Å². The van der Waals surface area contributed by atoms with Crippen molar-refractivity contribution in [2.75, 3.05) is 17.2 Å². The predicted molar refractivity (Wildman–Crippen MR) is 87.0 cm³/mol. The number of nitrogens with zero attached hydrogens (tertiary/aromatic N) is 5. The number of nitrogens with two attached hydrogens (primary N) is 1. The number of anilines is 2. The number of ether oxygens (including phenoxy) is 1. The Hall–Kier alpha value is -2.46. The van der Waals surface area contributed by atoms with Crippen molar-refractivity contribution >= 4 is 11.8 Å². The summed E-state index contributed by atoms with van der Waals surface area (Å²) in [6.07, 6.45) is 0.656. The number of hydrogen-bond donors (Lipinski definition) is 2. The average Bonchev–Trinajstić information content (AvgIpc) is 3.21. The second-order valence-electron chi connectivity index (χ2n) is 6.60. The predicted octanol–water partition coefficient (Wildman–Crippen LogP) is -0.247. The van der Waals surface area contributed by atoms with Gasteiger partial charge in [0.15, 0.2) is 6.23 Å². The first-order valence-corrected chi connectivity index (χ1v) is 8.14. The second kappa shape index (κ2) is 5.27. The molecule has 25 heavy (non-hydrogen) atoms. The zero-order valence-corrected chi connectivity index (χ0v) is 14.2. The third-order valence-electron chi connectivity index (χ3n) is 5.13. The fraction of sp³-hybridized carbons (Fsp3) is 0.600. The lowest BCUT2D eigenvalue weighted by molar-refractivity contribution is -0.107. The van der Waals surface area contributed by atoms with E-state index in [-0.39, 0.29) is 5.82 Å². The van der Waals surface area contributed by atoms with Crippen LogP contribution in [0.5, 0.6) is 0 Å². The minimum Gasteiger partial charge on any atom is -0.388 e. The van der Waals surface area contributed by atoms with Crippen LogP contribution < -0.4 is 16.3 Å². The lowest BCUT2D eigenvalue weighted by Gasteiger charge is -2.36. The van der Waals surface area contributed by atoms with Crippen LogP contribution in [-0.2, 0) is 4.74 Å². The third kappa shape index (κ3) is 2.17. The van der Waals surface area contributed by atoms with E-state index in [1.807, 2.05) is 11.8 Å². The smallest absolute Gasteiger partial charge is 0.351 e. The van der Waals surface area contributed by atoms with E-state index in [1.165, 1.54) is 4.57 Å². The SMILES string of the molecule is CC[C@@]12CN(c3noc(C)n3)[C@@H]([C@H](n3cc(C)c(N)nc3=O)O1)[C@@H]2O. The Balaban J connectivity index is 1.80. The van der Waals surface area contributed by atoms with Crippen LogP contribution >= 0.6 is 0 Å². The van der Waals surface area contributed by atoms with Crippen molar-refractivity contribution in [3.8, 4) is 0 Å². The molecule has 10 heteroatoms.